The van der Waals surface area contributed by atoms with E-state index in [0.29, 0.717) is 18.0 Å². The van der Waals surface area contributed by atoms with Crippen LogP contribution in [0.3, 0.4) is 0 Å². The van der Waals surface area contributed by atoms with E-state index >= 15 is 0 Å². The third kappa shape index (κ3) is 1.46. The molecule has 2 fully saturated rings. The Hall–Kier alpha value is -0.300. The zero-order chi connectivity index (χ0) is 13.4. The van der Waals surface area contributed by atoms with Gasteiger partial charge in [-0.1, -0.05) is 0 Å². The van der Waals surface area contributed by atoms with Crippen LogP contribution in [0.25, 0.3) is 0 Å². The van der Waals surface area contributed by atoms with E-state index in [0.717, 1.165) is 23.6 Å². The van der Waals surface area contributed by atoms with Gasteiger partial charge in [-0.25, -0.2) is 0 Å². The lowest BCUT2D eigenvalue weighted by Gasteiger charge is -2.25. The lowest BCUT2D eigenvalue weighted by Crippen LogP contribution is -2.20. The number of nitrogens with zero attached hydrogens (tertiary/aromatic N) is 2. The maximum absolute atomic E-state index is 13.2. The van der Waals surface area contributed by atoms with E-state index in [-0.39, 0.29) is 10.00 Å². The van der Waals surface area contributed by atoms with Gasteiger partial charge in [-0.15, -0.1) is 23.5 Å². The van der Waals surface area contributed by atoms with Gasteiger partial charge in [-0.05, 0) is 25.2 Å². The van der Waals surface area contributed by atoms with Gasteiger partial charge in [0.1, 0.15) is 4.08 Å². The van der Waals surface area contributed by atoms with Crippen molar-refractivity contribution in [1.29, 1.82) is 0 Å². The normalized spacial score (nSPS) is 30.7. The molecule has 2 unspecified atom stereocenters. The minimum absolute atomic E-state index is 0.102. The highest BCUT2D eigenvalue weighted by Crippen LogP contribution is 2.76. The number of rotatable bonds is 1. The number of aromatic nitrogens is 2. The first-order valence-corrected chi connectivity index (χ1v) is 8.42. The molecule has 4 rings (SSSR count). The predicted octanol–water partition coefficient (Wildman–Crippen LogP) is 3.67. The van der Waals surface area contributed by atoms with Crippen LogP contribution in [0.5, 0.6) is 0 Å². The number of fused-ring (bicyclic) bond motifs is 5. The lowest BCUT2D eigenvalue weighted by atomic mass is 10.1. The van der Waals surface area contributed by atoms with Crippen molar-refractivity contribution in [2.24, 2.45) is 5.92 Å². The molecule has 1 aliphatic heterocycles. The van der Waals surface area contributed by atoms with Crippen molar-refractivity contribution in [3.05, 3.63) is 17.0 Å². The Balaban J connectivity index is 1.95. The summed E-state index contributed by atoms with van der Waals surface area (Å²) in [5, 5.41) is 3.88. The first kappa shape index (κ1) is 12.4. The summed E-state index contributed by atoms with van der Waals surface area (Å²) in [6, 6.07) is 0. The average molecular weight is 306 g/mol. The van der Waals surface area contributed by atoms with E-state index in [1.54, 1.807) is 4.68 Å². The second-order valence-electron chi connectivity index (χ2n) is 5.24. The molecule has 1 aromatic rings. The maximum Gasteiger partial charge on any atom is 0.435 e. The van der Waals surface area contributed by atoms with Crippen LogP contribution in [0, 0.1) is 5.92 Å². The van der Waals surface area contributed by atoms with E-state index in [9.17, 15) is 13.2 Å². The van der Waals surface area contributed by atoms with E-state index in [1.807, 2.05) is 30.4 Å². The van der Waals surface area contributed by atoms with Gasteiger partial charge < -0.3 is 0 Å². The zero-order valence-electron chi connectivity index (χ0n) is 10.3. The Morgan fingerprint density at radius 1 is 1.37 bits per heavy atom. The minimum atomic E-state index is -4.32. The van der Waals surface area contributed by atoms with Crippen molar-refractivity contribution in [2.75, 3.05) is 11.5 Å². The molecule has 0 N–H and O–H groups in total. The van der Waals surface area contributed by atoms with Gasteiger partial charge in [0.15, 0.2) is 5.69 Å². The number of hydrogen-bond donors (Lipinski definition) is 0. The van der Waals surface area contributed by atoms with Crippen LogP contribution in [-0.2, 0) is 16.8 Å². The highest BCUT2D eigenvalue weighted by molar-refractivity contribution is 8.20. The van der Waals surface area contributed by atoms with Gasteiger partial charge in [0, 0.05) is 23.6 Å². The van der Waals surface area contributed by atoms with Gasteiger partial charge in [0.2, 0.25) is 0 Å². The Bertz CT molecular complexity index is 546. The number of alkyl halides is 3. The molecule has 0 radical (unpaired) electrons. The molecule has 1 aromatic heterocycles. The molecular weight excluding hydrogens is 293 g/mol. The topological polar surface area (TPSA) is 17.8 Å². The van der Waals surface area contributed by atoms with Crippen LogP contribution in [0.15, 0.2) is 0 Å². The zero-order valence-corrected chi connectivity index (χ0v) is 12.0. The molecular formula is C12H13F3N2S2. The minimum Gasteiger partial charge on any atom is -0.267 e. The van der Waals surface area contributed by atoms with Gasteiger partial charge >= 0.3 is 6.18 Å². The van der Waals surface area contributed by atoms with Crippen molar-refractivity contribution >= 4 is 23.5 Å². The molecule has 2 aliphatic carbocycles. The molecule has 0 amide bonds. The molecule has 19 heavy (non-hydrogen) atoms. The smallest absolute Gasteiger partial charge is 0.267 e. The van der Waals surface area contributed by atoms with Crippen LogP contribution in [0.4, 0.5) is 13.2 Å². The van der Waals surface area contributed by atoms with Crippen molar-refractivity contribution in [3.8, 4) is 0 Å². The SMILES string of the molecule is CCn1nc(C(F)(F)F)c2c1C1(SCCS1)C1CC21. The summed E-state index contributed by atoms with van der Waals surface area (Å²) in [7, 11) is 0. The molecule has 1 spiro atoms. The van der Waals surface area contributed by atoms with Gasteiger partial charge in [0.25, 0.3) is 0 Å². The number of hydrogen-bond acceptors (Lipinski definition) is 3. The van der Waals surface area contributed by atoms with E-state index in [1.165, 1.54) is 0 Å². The number of halogens is 3. The van der Waals surface area contributed by atoms with Crippen molar-refractivity contribution < 1.29 is 13.2 Å². The predicted molar refractivity (Wildman–Crippen MR) is 70.3 cm³/mol. The molecule has 7 heteroatoms. The molecule has 2 heterocycles. The van der Waals surface area contributed by atoms with Crippen LogP contribution in [-0.4, -0.2) is 21.3 Å². The summed E-state index contributed by atoms with van der Waals surface area (Å²) in [5.74, 6) is 2.56. The van der Waals surface area contributed by atoms with Crippen molar-refractivity contribution in [3.63, 3.8) is 0 Å². The lowest BCUT2D eigenvalue weighted by molar-refractivity contribution is -0.142. The van der Waals surface area contributed by atoms with E-state index in [4.69, 9.17) is 0 Å². The highest BCUT2D eigenvalue weighted by Gasteiger charge is 2.67. The fourth-order valence-electron chi connectivity index (χ4n) is 3.52. The fraction of sp³-hybridized carbons (Fsp3) is 0.750. The first-order chi connectivity index (χ1) is 8.99. The van der Waals surface area contributed by atoms with E-state index < -0.39 is 11.9 Å². The van der Waals surface area contributed by atoms with Gasteiger partial charge in [0.05, 0.1) is 5.69 Å². The molecule has 0 bridgehead atoms. The number of aryl methyl sites for hydroxylation is 1. The summed E-state index contributed by atoms with van der Waals surface area (Å²) in [6.45, 7) is 2.39. The third-order valence-electron chi connectivity index (χ3n) is 4.25. The average Bonchev–Trinajstić information content (AvgIpc) is 2.76. The highest BCUT2D eigenvalue weighted by atomic mass is 32.2. The van der Waals surface area contributed by atoms with Crippen molar-refractivity contribution in [1.82, 2.24) is 9.78 Å². The molecule has 3 aliphatic rings. The summed E-state index contributed by atoms with van der Waals surface area (Å²) < 4.78 is 41.0. The Labute approximate surface area is 117 Å². The fourth-order valence-corrected chi connectivity index (χ4v) is 7.28. The maximum atomic E-state index is 13.2. The molecule has 1 saturated carbocycles. The summed E-state index contributed by atoms with van der Waals surface area (Å²) >= 11 is 3.67. The largest absolute Gasteiger partial charge is 0.435 e. The Morgan fingerprint density at radius 2 is 2.05 bits per heavy atom. The first-order valence-electron chi connectivity index (χ1n) is 6.45. The third-order valence-corrected chi connectivity index (χ3v) is 7.88. The summed E-state index contributed by atoms with van der Waals surface area (Å²) in [6.07, 6.45) is -3.41. The molecule has 2 atom stereocenters. The summed E-state index contributed by atoms with van der Waals surface area (Å²) in [4.78, 5) is 0. The van der Waals surface area contributed by atoms with Crippen LogP contribution in [0.2, 0.25) is 0 Å². The second kappa shape index (κ2) is 3.67. The monoisotopic (exact) mass is 306 g/mol. The molecule has 104 valence electrons. The molecule has 2 nitrogen and oxygen atoms in total. The molecule has 1 saturated heterocycles. The second-order valence-corrected chi connectivity index (χ2v) is 8.18. The molecule has 0 aromatic carbocycles. The van der Waals surface area contributed by atoms with Crippen LogP contribution >= 0.6 is 23.5 Å². The van der Waals surface area contributed by atoms with Crippen LogP contribution < -0.4 is 0 Å². The summed E-state index contributed by atoms with van der Waals surface area (Å²) in [5.41, 5.74) is 0.763. The van der Waals surface area contributed by atoms with Crippen LogP contribution in [0.1, 0.15) is 36.2 Å². The quantitative estimate of drug-likeness (QED) is 0.788. The van der Waals surface area contributed by atoms with Crippen molar-refractivity contribution in [2.45, 2.75) is 36.1 Å². The van der Waals surface area contributed by atoms with E-state index in [2.05, 4.69) is 5.10 Å². The Morgan fingerprint density at radius 3 is 2.63 bits per heavy atom. The van der Waals surface area contributed by atoms with Gasteiger partial charge in [-0.3, -0.25) is 4.68 Å². The standard InChI is InChI=1S/C12H13F3N2S2/c1-2-17-10-8(9(16-17)12(13,14)15)6-5-7(6)11(10)18-3-4-19-11/h6-7H,2-5H2,1H3. The van der Waals surface area contributed by atoms with Gasteiger partial charge in [-0.2, -0.15) is 18.3 Å². The Kier molecular flexibility index (Phi) is 2.40. The number of thioether (sulfide) groups is 2.